The van der Waals surface area contributed by atoms with Crippen LogP contribution in [0.15, 0.2) is 46.9 Å². The van der Waals surface area contributed by atoms with Crippen molar-refractivity contribution in [1.82, 2.24) is 0 Å². The summed E-state index contributed by atoms with van der Waals surface area (Å²) in [7, 11) is 0. The van der Waals surface area contributed by atoms with Crippen LogP contribution in [0.5, 0.6) is 5.75 Å². The number of hydrogen-bond donors (Lipinski definition) is 0. The molecule has 0 bridgehead atoms. The van der Waals surface area contributed by atoms with Crippen molar-refractivity contribution < 1.29 is 9.13 Å². The van der Waals surface area contributed by atoms with E-state index in [0.717, 1.165) is 15.8 Å². The number of hydrogen-bond acceptors (Lipinski definition) is 1. The van der Waals surface area contributed by atoms with Crippen molar-refractivity contribution in [2.75, 3.05) is 6.61 Å². The molecule has 2 aromatic rings. The Morgan fingerprint density at radius 1 is 1.21 bits per heavy atom. The van der Waals surface area contributed by atoms with Crippen molar-refractivity contribution in [3.05, 3.63) is 63.9 Å². The van der Waals surface area contributed by atoms with Crippen LogP contribution in [-0.4, -0.2) is 6.61 Å². The fraction of sp³-hybridized carbons (Fsp3) is 0.200. The van der Waals surface area contributed by atoms with Crippen molar-refractivity contribution in [2.24, 2.45) is 0 Å². The molecule has 0 aromatic heterocycles. The molecule has 2 aromatic carbocycles. The van der Waals surface area contributed by atoms with Crippen LogP contribution in [0.2, 0.25) is 0 Å². The zero-order valence-corrected chi connectivity index (χ0v) is 12.7. The second-order valence-electron chi connectivity index (χ2n) is 4.03. The van der Waals surface area contributed by atoms with Crippen LogP contribution >= 0.6 is 27.5 Å². The number of alkyl halides is 1. The predicted octanol–water partition coefficient (Wildman–Crippen LogP) is 5.32. The summed E-state index contributed by atoms with van der Waals surface area (Å²) in [6.45, 7) is 2.56. The van der Waals surface area contributed by atoms with E-state index in [-0.39, 0.29) is 5.82 Å². The van der Waals surface area contributed by atoms with Crippen molar-refractivity contribution in [3.8, 4) is 5.75 Å². The van der Waals surface area contributed by atoms with E-state index in [0.29, 0.717) is 12.2 Å². The Bertz CT molecular complexity index is 557. The highest BCUT2D eigenvalue weighted by atomic mass is 79.9. The maximum atomic E-state index is 13.3. The first-order chi connectivity index (χ1) is 9.11. The van der Waals surface area contributed by atoms with Crippen molar-refractivity contribution in [1.29, 1.82) is 0 Å². The second-order valence-corrected chi connectivity index (χ2v) is 5.32. The molecule has 0 N–H and O–H groups in total. The molecule has 0 aliphatic carbocycles. The summed E-state index contributed by atoms with van der Waals surface area (Å²) >= 11 is 9.79. The molecular formula is C15H13BrClFO. The van der Waals surface area contributed by atoms with Crippen molar-refractivity contribution in [3.63, 3.8) is 0 Å². The Balaban J connectivity index is 2.27. The monoisotopic (exact) mass is 342 g/mol. The van der Waals surface area contributed by atoms with E-state index >= 15 is 0 Å². The highest BCUT2D eigenvalue weighted by Gasteiger charge is 2.15. The molecule has 1 unspecified atom stereocenters. The van der Waals surface area contributed by atoms with Crippen LogP contribution in [0.25, 0.3) is 0 Å². The molecule has 0 aliphatic rings. The minimum atomic E-state index is -0.402. The van der Waals surface area contributed by atoms with Gasteiger partial charge in [-0.2, -0.15) is 0 Å². The zero-order valence-electron chi connectivity index (χ0n) is 10.4. The first-order valence-electron chi connectivity index (χ1n) is 5.93. The molecule has 4 heteroatoms. The Kier molecular flexibility index (Phi) is 4.83. The molecule has 1 atom stereocenters. The van der Waals surface area contributed by atoms with Gasteiger partial charge in [0.25, 0.3) is 0 Å². The van der Waals surface area contributed by atoms with Crippen molar-refractivity contribution in [2.45, 2.75) is 12.3 Å². The van der Waals surface area contributed by atoms with E-state index in [1.807, 2.05) is 31.2 Å². The first-order valence-corrected chi connectivity index (χ1v) is 7.16. The average molecular weight is 344 g/mol. The molecule has 0 amide bonds. The van der Waals surface area contributed by atoms with Gasteiger partial charge in [-0.15, -0.1) is 11.6 Å². The van der Waals surface area contributed by atoms with Gasteiger partial charge in [-0.3, -0.25) is 0 Å². The summed E-state index contributed by atoms with van der Waals surface area (Å²) in [5.74, 6) is 0.503. The number of rotatable bonds is 4. The molecule has 0 aliphatic heterocycles. The molecule has 0 saturated heterocycles. The van der Waals surface area contributed by atoms with Gasteiger partial charge in [-0.25, -0.2) is 4.39 Å². The first kappa shape index (κ1) is 14.4. The molecule has 0 spiro atoms. The van der Waals surface area contributed by atoms with Gasteiger partial charge in [0.15, 0.2) is 0 Å². The quantitative estimate of drug-likeness (QED) is 0.683. The summed E-state index contributed by atoms with van der Waals surface area (Å²) in [5.41, 5.74) is 1.61. The highest BCUT2D eigenvalue weighted by Crippen LogP contribution is 2.34. The van der Waals surface area contributed by atoms with Crippen LogP contribution in [0.1, 0.15) is 23.4 Å². The lowest BCUT2D eigenvalue weighted by atomic mass is 10.0. The van der Waals surface area contributed by atoms with Crippen LogP contribution < -0.4 is 4.74 Å². The summed E-state index contributed by atoms with van der Waals surface area (Å²) < 4.78 is 19.5. The molecule has 0 saturated carbocycles. The molecule has 1 nitrogen and oxygen atoms in total. The van der Waals surface area contributed by atoms with E-state index in [9.17, 15) is 4.39 Å². The maximum absolute atomic E-state index is 13.3. The van der Waals surface area contributed by atoms with E-state index in [1.165, 1.54) is 12.1 Å². The summed E-state index contributed by atoms with van der Waals surface area (Å²) in [5, 5.41) is -0.402. The van der Waals surface area contributed by atoms with Crippen LogP contribution in [-0.2, 0) is 0 Å². The van der Waals surface area contributed by atoms with E-state index in [4.69, 9.17) is 16.3 Å². The summed E-state index contributed by atoms with van der Waals surface area (Å²) in [4.78, 5) is 0. The van der Waals surface area contributed by atoms with E-state index in [1.54, 1.807) is 6.07 Å². The highest BCUT2D eigenvalue weighted by molar-refractivity contribution is 9.10. The van der Waals surface area contributed by atoms with Gasteiger partial charge in [-0.05, 0) is 48.4 Å². The van der Waals surface area contributed by atoms with Gasteiger partial charge in [-0.1, -0.05) is 28.1 Å². The van der Waals surface area contributed by atoms with Crippen LogP contribution in [0.4, 0.5) is 4.39 Å². The van der Waals surface area contributed by atoms with Crippen LogP contribution in [0, 0.1) is 5.82 Å². The van der Waals surface area contributed by atoms with Gasteiger partial charge < -0.3 is 4.74 Å². The average Bonchev–Trinajstić information content (AvgIpc) is 2.42. The van der Waals surface area contributed by atoms with Gasteiger partial charge in [0.1, 0.15) is 11.6 Å². The fourth-order valence-corrected chi connectivity index (χ4v) is 2.72. The second kappa shape index (κ2) is 6.40. The Labute approximate surface area is 125 Å². The molecule has 100 valence electrons. The SMILES string of the molecule is CCOc1ccc(C(Cl)c2cc(F)ccc2Br)cc1. The normalized spacial score (nSPS) is 12.2. The largest absolute Gasteiger partial charge is 0.494 e. The molecule has 0 radical (unpaired) electrons. The zero-order chi connectivity index (χ0) is 13.8. The molecule has 19 heavy (non-hydrogen) atoms. The number of benzene rings is 2. The van der Waals surface area contributed by atoms with Gasteiger partial charge in [0, 0.05) is 4.47 Å². The molecule has 2 rings (SSSR count). The van der Waals surface area contributed by atoms with E-state index in [2.05, 4.69) is 15.9 Å². The minimum Gasteiger partial charge on any atom is -0.494 e. The Morgan fingerprint density at radius 2 is 1.89 bits per heavy atom. The lowest BCUT2D eigenvalue weighted by molar-refractivity contribution is 0.340. The third-order valence-corrected chi connectivity index (χ3v) is 3.92. The molecule has 0 heterocycles. The fourth-order valence-electron chi connectivity index (χ4n) is 1.79. The minimum absolute atomic E-state index is 0.296. The lowest BCUT2D eigenvalue weighted by Gasteiger charge is -2.13. The van der Waals surface area contributed by atoms with Gasteiger partial charge in [0.2, 0.25) is 0 Å². The number of ether oxygens (including phenoxy) is 1. The molecular weight excluding hydrogens is 331 g/mol. The Morgan fingerprint density at radius 3 is 2.53 bits per heavy atom. The summed E-state index contributed by atoms with van der Waals surface area (Å²) in [6, 6.07) is 12.0. The topological polar surface area (TPSA) is 9.23 Å². The molecule has 0 fully saturated rings. The Hall–Kier alpha value is -1.06. The third-order valence-electron chi connectivity index (χ3n) is 2.71. The smallest absolute Gasteiger partial charge is 0.123 e. The standard InChI is InChI=1S/C15H13BrClFO/c1-2-19-12-6-3-10(4-7-12)15(17)13-9-11(18)5-8-14(13)16/h3-9,15H,2H2,1H3. The van der Waals surface area contributed by atoms with Crippen molar-refractivity contribution >= 4 is 27.5 Å². The van der Waals surface area contributed by atoms with Gasteiger partial charge >= 0.3 is 0 Å². The van der Waals surface area contributed by atoms with Crippen LogP contribution in [0.3, 0.4) is 0 Å². The summed E-state index contributed by atoms with van der Waals surface area (Å²) in [6.07, 6.45) is 0. The number of halogens is 3. The third kappa shape index (κ3) is 3.48. The lowest BCUT2D eigenvalue weighted by Crippen LogP contribution is -1.97. The maximum Gasteiger partial charge on any atom is 0.123 e. The van der Waals surface area contributed by atoms with Gasteiger partial charge in [0.05, 0.1) is 12.0 Å². The predicted molar refractivity (Wildman–Crippen MR) is 79.4 cm³/mol. The van der Waals surface area contributed by atoms with E-state index < -0.39 is 5.38 Å².